The van der Waals surface area contributed by atoms with Crippen molar-refractivity contribution in [2.24, 2.45) is 0 Å². The van der Waals surface area contributed by atoms with Crippen molar-refractivity contribution < 1.29 is 0 Å². The molecule has 0 fully saturated rings. The summed E-state index contributed by atoms with van der Waals surface area (Å²) in [6.07, 6.45) is 0. The van der Waals surface area contributed by atoms with Crippen LogP contribution in [0.15, 0.2) is 224 Å². The topological polar surface area (TPSA) is 3.24 Å². The number of hydrogen-bond acceptors (Lipinski definition) is 1. The fourth-order valence-corrected chi connectivity index (χ4v) is 13.3. The second-order valence-electron chi connectivity index (χ2n) is 16.5. The maximum atomic E-state index is 2.52. The first kappa shape index (κ1) is 35.2. The second kappa shape index (κ2) is 13.8. The molecule has 0 radical (unpaired) electrons. The molecule has 0 N–H and O–H groups in total. The summed E-state index contributed by atoms with van der Waals surface area (Å²) in [6.45, 7) is 5.04. The first-order chi connectivity index (χ1) is 29.0. The molecule has 2 heteroatoms. The Morgan fingerprint density at radius 2 is 0.847 bits per heavy atom. The molecule has 280 valence electrons. The first-order valence-electron chi connectivity index (χ1n) is 20.7. The maximum absolute atomic E-state index is 2.52. The zero-order valence-corrected chi connectivity index (χ0v) is 34.3. The molecule has 0 spiro atoms. The van der Waals surface area contributed by atoms with Crippen LogP contribution in [0.5, 0.6) is 0 Å². The number of rotatable bonds is 7. The lowest BCUT2D eigenvalue weighted by Crippen LogP contribution is -2.49. The molecule has 0 aromatic heterocycles. The zero-order valence-electron chi connectivity index (χ0n) is 33.3. The molecule has 0 saturated carbocycles. The fourth-order valence-electron chi connectivity index (χ4n) is 10.2. The van der Waals surface area contributed by atoms with E-state index in [2.05, 4.69) is 242 Å². The molecule has 1 nitrogen and oxygen atoms in total. The van der Waals surface area contributed by atoms with E-state index in [1.807, 2.05) is 0 Å². The molecule has 1 heterocycles. The van der Waals surface area contributed by atoms with Gasteiger partial charge in [0.2, 0.25) is 0 Å². The van der Waals surface area contributed by atoms with Crippen LogP contribution in [0.3, 0.4) is 0 Å². The molecule has 0 unspecified atom stereocenters. The number of fused-ring (bicyclic) bond motifs is 6. The third kappa shape index (κ3) is 5.44. The van der Waals surface area contributed by atoms with Crippen LogP contribution in [0.1, 0.15) is 22.3 Å². The van der Waals surface area contributed by atoms with E-state index in [0.717, 1.165) is 11.4 Å². The first-order valence-corrected chi connectivity index (χ1v) is 23.7. The third-order valence-corrected chi connectivity index (χ3v) is 16.5. The van der Waals surface area contributed by atoms with Crippen LogP contribution in [0.25, 0.3) is 44.5 Å². The van der Waals surface area contributed by atoms with Gasteiger partial charge in [-0.2, -0.15) is 0 Å². The van der Waals surface area contributed by atoms with Crippen molar-refractivity contribution in [3.63, 3.8) is 0 Å². The van der Waals surface area contributed by atoms with Gasteiger partial charge < -0.3 is 4.90 Å². The minimum absolute atomic E-state index is 0.490. The maximum Gasteiger partial charge on any atom is 0.113 e. The van der Waals surface area contributed by atoms with Gasteiger partial charge in [-0.05, 0) is 114 Å². The van der Waals surface area contributed by atoms with Gasteiger partial charge in [0.25, 0.3) is 0 Å². The average molecular weight is 770 g/mol. The van der Waals surface area contributed by atoms with E-state index in [-0.39, 0.29) is 0 Å². The quantitative estimate of drug-likeness (QED) is 0.146. The highest BCUT2D eigenvalue weighted by Gasteiger charge is 2.46. The lowest BCUT2D eigenvalue weighted by atomic mass is 9.67. The Labute approximate surface area is 348 Å². The fraction of sp³-hybridized carbons (Fsp3) is 0.0526. The molecule has 0 amide bonds. The van der Waals surface area contributed by atoms with E-state index in [0.29, 0.717) is 0 Å². The van der Waals surface area contributed by atoms with Gasteiger partial charge in [-0.15, -0.1) is 0 Å². The molecular weight excluding hydrogens is 727 g/mol. The van der Waals surface area contributed by atoms with Gasteiger partial charge in [-0.3, -0.25) is 0 Å². The van der Waals surface area contributed by atoms with Crippen LogP contribution >= 0.6 is 0 Å². The summed E-state index contributed by atoms with van der Waals surface area (Å²) >= 11 is 0. The molecule has 9 aromatic carbocycles. The highest BCUT2D eigenvalue weighted by Crippen LogP contribution is 2.56. The minimum atomic E-state index is -2.07. The Bertz CT molecular complexity index is 2960. The van der Waals surface area contributed by atoms with Crippen molar-refractivity contribution in [3.8, 4) is 44.5 Å². The van der Waals surface area contributed by atoms with Crippen molar-refractivity contribution >= 4 is 35.5 Å². The lowest BCUT2D eigenvalue weighted by Gasteiger charge is -2.35. The van der Waals surface area contributed by atoms with E-state index in [1.54, 1.807) is 0 Å². The predicted molar refractivity (Wildman–Crippen MR) is 251 cm³/mol. The largest absolute Gasteiger partial charge is 0.310 e. The highest BCUT2D eigenvalue weighted by atomic mass is 28.3. The number of nitrogens with zero attached hydrogens (tertiary/aromatic N) is 1. The summed E-state index contributed by atoms with van der Waals surface area (Å²) in [4.78, 5) is 2.48. The van der Waals surface area contributed by atoms with Gasteiger partial charge >= 0.3 is 0 Å². The van der Waals surface area contributed by atoms with Gasteiger partial charge in [0.05, 0.1) is 5.41 Å². The van der Waals surface area contributed by atoms with Gasteiger partial charge in [-0.25, -0.2) is 0 Å². The summed E-state index contributed by atoms with van der Waals surface area (Å²) in [6, 6.07) is 83.4. The van der Waals surface area contributed by atoms with Crippen molar-refractivity contribution in [2.75, 3.05) is 4.90 Å². The summed E-state index contributed by atoms with van der Waals surface area (Å²) in [5.74, 6) is 0. The van der Waals surface area contributed by atoms with Crippen molar-refractivity contribution in [2.45, 2.75) is 18.5 Å². The Balaban J connectivity index is 1.12. The van der Waals surface area contributed by atoms with Crippen LogP contribution in [0, 0.1) is 0 Å². The van der Waals surface area contributed by atoms with E-state index < -0.39 is 13.5 Å². The zero-order chi connectivity index (χ0) is 39.6. The molecule has 1 aliphatic heterocycles. The summed E-state index contributed by atoms with van der Waals surface area (Å²) < 4.78 is 0. The molecule has 2 aliphatic rings. The van der Waals surface area contributed by atoms with Crippen LogP contribution in [-0.2, 0) is 5.41 Å². The Hall–Kier alpha value is -7.00. The summed E-state index contributed by atoms with van der Waals surface area (Å²) in [7, 11) is -2.07. The number of anilines is 3. The van der Waals surface area contributed by atoms with Crippen LogP contribution < -0.4 is 15.3 Å². The highest BCUT2D eigenvalue weighted by molar-refractivity contribution is 7.04. The molecule has 9 aromatic rings. The van der Waals surface area contributed by atoms with E-state index >= 15 is 0 Å². The summed E-state index contributed by atoms with van der Waals surface area (Å²) in [5, 5.41) is 2.99. The average Bonchev–Trinajstić information content (AvgIpc) is 3.73. The monoisotopic (exact) mass is 769 g/mol. The molecule has 0 atom stereocenters. The SMILES string of the molecule is C[Si]1(C)c2cc(N(c3ccc(-c4ccccc4)cc3)c3cccc(C4(c5ccccc5)c5ccccc5-c5ccccc54)c3)ccc2-c2c(-c3ccccc3)cccc21. The molecule has 0 saturated heterocycles. The van der Waals surface area contributed by atoms with Crippen molar-refractivity contribution in [1.82, 2.24) is 0 Å². The molecule has 59 heavy (non-hydrogen) atoms. The van der Waals surface area contributed by atoms with E-state index in [4.69, 9.17) is 0 Å². The van der Waals surface area contributed by atoms with E-state index in [1.165, 1.54) is 82.8 Å². The van der Waals surface area contributed by atoms with Gasteiger partial charge in [0, 0.05) is 17.1 Å². The van der Waals surface area contributed by atoms with Gasteiger partial charge in [0.15, 0.2) is 0 Å². The smallest absolute Gasteiger partial charge is 0.113 e. The second-order valence-corrected chi connectivity index (χ2v) is 20.8. The van der Waals surface area contributed by atoms with Crippen LogP contribution in [0.4, 0.5) is 17.1 Å². The van der Waals surface area contributed by atoms with Crippen LogP contribution in [0.2, 0.25) is 13.1 Å². The van der Waals surface area contributed by atoms with Crippen LogP contribution in [-0.4, -0.2) is 8.07 Å². The number of hydrogen-bond donors (Lipinski definition) is 0. The molecule has 0 bridgehead atoms. The van der Waals surface area contributed by atoms with Gasteiger partial charge in [0.1, 0.15) is 8.07 Å². The van der Waals surface area contributed by atoms with E-state index in [9.17, 15) is 0 Å². The molecular formula is C57H43NSi. The Morgan fingerprint density at radius 3 is 1.53 bits per heavy atom. The lowest BCUT2D eigenvalue weighted by molar-refractivity contribution is 0.768. The summed E-state index contributed by atoms with van der Waals surface area (Å²) in [5.41, 5.74) is 18.5. The standard InChI is InChI=1S/C57H43NSi/c1-59(2)54-31-17-28-48(42-20-8-4-9-21-42)56(54)51-37-36-47(39-55(51)59)58(45-34-32-41(33-35-45)40-18-6-3-7-19-40)46-25-16-24-44(38-46)57(43-22-10-5-11-23-43)52-29-14-12-26-49(52)50-27-13-15-30-53(50)57/h3-39H,1-2H3. The normalized spacial score (nSPS) is 13.9. The Kier molecular flexibility index (Phi) is 8.25. The molecule has 1 aliphatic carbocycles. The van der Waals surface area contributed by atoms with Crippen molar-refractivity contribution in [1.29, 1.82) is 0 Å². The Morgan fingerprint density at radius 1 is 0.339 bits per heavy atom. The van der Waals surface area contributed by atoms with Crippen molar-refractivity contribution in [3.05, 3.63) is 247 Å². The predicted octanol–water partition coefficient (Wildman–Crippen LogP) is 13.7. The minimum Gasteiger partial charge on any atom is -0.310 e. The third-order valence-electron chi connectivity index (χ3n) is 13.0. The van der Waals surface area contributed by atoms with Gasteiger partial charge in [-0.1, -0.05) is 201 Å². The number of benzene rings is 9. The molecule has 11 rings (SSSR count).